The first kappa shape index (κ1) is 6.02. The lowest BCUT2D eigenvalue weighted by Gasteiger charge is -1.94. The minimum absolute atomic E-state index is 0.0781. The third kappa shape index (κ3) is 0.558. The maximum atomic E-state index is 11.8. The van der Waals surface area contributed by atoms with Gasteiger partial charge in [-0.25, -0.2) is 0 Å². The molecular weight excluding hydrogens is 105 g/mol. The fraction of sp³-hybridized carbons (Fsp3) is 1.00. The Morgan fingerprint density at radius 3 is 2.00 bits per heavy atom. The van der Waals surface area contributed by atoms with Crippen molar-refractivity contribution >= 4 is 0 Å². The Labute approximate surface area is 49.1 Å². The van der Waals surface area contributed by atoms with E-state index in [9.17, 15) is 4.39 Å². The molecular formula is C6H12FN. The predicted molar refractivity (Wildman–Crippen MR) is 31.2 cm³/mol. The van der Waals surface area contributed by atoms with Crippen LogP contribution in [0.15, 0.2) is 0 Å². The molecule has 0 unspecified atom stereocenters. The molecule has 0 amide bonds. The Bertz CT molecular complexity index is 101. The van der Waals surface area contributed by atoms with Crippen LogP contribution in [0.1, 0.15) is 13.8 Å². The van der Waals surface area contributed by atoms with E-state index >= 15 is 0 Å². The first-order valence-electron chi connectivity index (χ1n) is 2.92. The van der Waals surface area contributed by atoms with Gasteiger partial charge in [-0.15, -0.1) is 0 Å². The highest BCUT2D eigenvalue weighted by Gasteiger charge is 2.55. The second-order valence-corrected chi connectivity index (χ2v) is 3.11. The van der Waals surface area contributed by atoms with Crippen molar-refractivity contribution in [1.29, 1.82) is 0 Å². The third-order valence-electron chi connectivity index (χ3n) is 2.31. The molecule has 2 atom stereocenters. The van der Waals surface area contributed by atoms with Gasteiger partial charge >= 0.3 is 0 Å². The Balaban J connectivity index is 2.45. The summed E-state index contributed by atoms with van der Waals surface area (Å²) in [6.45, 7) is 3.75. The van der Waals surface area contributed by atoms with Crippen LogP contribution >= 0.6 is 0 Å². The molecule has 1 aliphatic carbocycles. The molecule has 0 aromatic heterocycles. The zero-order chi connectivity index (χ0) is 6.36. The Hall–Kier alpha value is -0.110. The summed E-state index contributed by atoms with van der Waals surface area (Å²) in [5.41, 5.74) is 5.59. The fourth-order valence-electron chi connectivity index (χ4n) is 1.08. The van der Waals surface area contributed by atoms with Gasteiger partial charge in [-0.2, -0.15) is 0 Å². The summed E-state index contributed by atoms with van der Waals surface area (Å²) in [6.07, 6.45) is 0. The zero-order valence-electron chi connectivity index (χ0n) is 5.32. The van der Waals surface area contributed by atoms with Crippen LogP contribution in [0.25, 0.3) is 0 Å². The van der Waals surface area contributed by atoms with E-state index in [2.05, 4.69) is 0 Å². The molecule has 48 valence electrons. The summed E-state index contributed by atoms with van der Waals surface area (Å²) in [5, 5.41) is 0. The van der Waals surface area contributed by atoms with E-state index in [1.165, 1.54) is 0 Å². The minimum Gasteiger partial charge on any atom is -0.327 e. The normalized spacial score (nSPS) is 42.0. The van der Waals surface area contributed by atoms with E-state index in [1.807, 2.05) is 13.8 Å². The van der Waals surface area contributed by atoms with Gasteiger partial charge in [0.1, 0.15) is 0 Å². The summed E-state index contributed by atoms with van der Waals surface area (Å²) in [4.78, 5) is 0. The first-order valence-corrected chi connectivity index (χ1v) is 2.92. The van der Waals surface area contributed by atoms with Gasteiger partial charge in [-0.1, -0.05) is 13.8 Å². The first-order chi connectivity index (χ1) is 3.60. The van der Waals surface area contributed by atoms with E-state index < -0.39 is 0 Å². The number of hydrogen-bond donors (Lipinski definition) is 1. The minimum atomic E-state index is -0.256. The predicted octanol–water partition coefficient (Wildman–Crippen LogP) is 0.939. The zero-order valence-corrected chi connectivity index (χ0v) is 5.32. The second-order valence-electron chi connectivity index (χ2n) is 3.11. The molecule has 0 heterocycles. The molecule has 1 fully saturated rings. The van der Waals surface area contributed by atoms with Gasteiger partial charge in [0.05, 0.1) is 6.67 Å². The monoisotopic (exact) mass is 117 g/mol. The van der Waals surface area contributed by atoms with Crippen LogP contribution in [0, 0.1) is 11.3 Å². The van der Waals surface area contributed by atoms with Crippen molar-refractivity contribution in [3.8, 4) is 0 Å². The highest BCUT2D eigenvalue weighted by atomic mass is 19.1. The molecule has 2 N–H and O–H groups in total. The molecule has 0 bridgehead atoms. The number of rotatable bonds is 1. The van der Waals surface area contributed by atoms with Crippen molar-refractivity contribution in [2.45, 2.75) is 19.9 Å². The standard InChI is InChI=1S/C6H12FN/c1-6(2)4(3-7)5(6)8/h4-5H,3,8H2,1-2H3/t4-,5-/m1/s1. The number of nitrogens with two attached hydrogens (primary N) is 1. The molecule has 0 aliphatic heterocycles. The van der Waals surface area contributed by atoms with Crippen LogP contribution in [0.4, 0.5) is 4.39 Å². The third-order valence-corrected chi connectivity index (χ3v) is 2.31. The molecule has 2 heteroatoms. The molecule has 0 saturated heterocycles. The molecule has 1 aliphatic rings. The molecule has 1 saturated carbocycles. The van der Waals surface area contributed by atoms with Crippen molar-refractivity contribution in [2.24, 2.45) is 17.1 Å². The van der Waals surface area contributed by atoms with E-state index in [4.69, 9.17) is 5.73 Å². The maximum absolute atomic E-state index is 11.8. The molecule has 0 aromatic rings. The summed E-state index contributed by atoms with van der Waals surface area (Å²) in [6, 6.07) is 0.104. The summed E-state index contributed by atoms with van der Waals surface area (Å²) in [5.74, 6) is 0.127. The van der Waals surface area contributed by atoms with Gasteiger partial charge in [0.15, 0.2) is 0 Å². The van der Waals surface area contributed by atoms with Gasteiger partial charge in [0, 0.05) is 12.0 Å². The molecule has 1 rings (SSSR count). The molecule has 0 aromatic carbocycles. The van der Waals surface area contributed by atoms with E-state index in [0.717, 1.165) is 0 Å². The number of alkyl halides is 1. The molecule has 8 heavy (non-hydrogen) atoms. The summed E-state index contributed by atoms with van der Waals surface area (Å²) in [7, 11) is 0. The lowest BCUT2D eigenvalue weighted by Crippen LogP contribution is -2.06. The highest BCUT2D eigenvalue weighted by Crippen LogP contribution is 2.50. The molecule has 1 nitrogen and oxygen atoms in total. The smallest absolute Gasteiger partial charge is 0.0943 e. The largest absolute Gasteiger partial charge is 0.327 e. The van der Waals surface area contributed by atoms with Gasteiger partial charge in [-0.3, -0.25) is 4.39 Å². The van der Waals surface area contributed by atoms with Crippen molar-refractivity contribution < 1.29 is 4.39 Å². The van der Waals surface area contributed by atoms with Gasteiger partial charge in [0.25, 0.3) is 0 Å². The molecule has 0 spiro atoms. The highest BCUT2D eigenvalue weighted by molar-refractivity contribution is 5.08. The van der Waals surface area contributed by atoms with E-state index in [-0.39, 0.29) is 24.0 Å². The van der Waals surface area contributed by atoms with Crippen molar-refractivity contribution in [3.05, 3.63) is 0 Å². The average Bonchev–Trinajstić information content (AvgIpc) is 2.09. The second kappa shape index (κ2) is 1.44. The summed E-state index contributed by atoms with van der Waals surface area (Å²) >= 11 is 0. The topological polar surface area (TPSA) is 26.0 Å². The Kier molecular flexibility index (Phi) is 1.08. The van der Waals surface area contributed by atoms with Crippen LogP contribution in [0.3, 0.4) is 0 Å². The van der Waals surface area contributed by atoms with Crippen molar-refractivity contribution in [3.63, 3.8) is 0 Å². The SMILES string of the molecule is CC1(C)[C@H](N)[C@H]1CF. The Morgan fingerprint density at radius 2 is 2.00 bits per heavy atom. The van der Waals surface area contributed by atoms with Crippen molar-refractivity contribution in [1.82, 2.24) is 0 Å². The average molecular weight is 117 g/mol. The van der Waals surface area contributed by atoms with Crippen LogP contribution in [-0.2, 0) is 0 Å². The van der Waals surface area contributed by atoms with E-state index in [1.54, 1.807) is 0 Å². The van der Waals surface area contributed by atoms with Crippen LogP contribution < -0.4 is 5.73 Å². The van der Waals surface area contributed by atoms with Gasteiger partial charge in [-0.05, 0) is 5.41 Å². The fourth-order valence-corrected chi connectivity index (χ4v) is 1.08. The van der Waals surface area contributed by atoms with Gasteiger partial charge < -0.3 is 5.73 Å². The molecule has 0 radical (unpaired) electrons. The number of hydrogen-bond acceptors (Lipinski definition) is 1. The van der Waals surface area contributed by atoms with Crippen LogP contribution in [0.5, 0.6) is 0 Å². The maximum Gasteiger partial charge on any atom is 0.0943 e. The Morgan fingerprint density at radius 1 is 1.62 bits per heavy atom. The van der Waals surface area contributed by atoms with Crippen LogP contribution in [-0.4, -0.2) is 12.7 Å². The van der Waals surface area contributed by atoms with Crippen molar-refractivity contribution in [2.75, 3.05) is 6.67 Å². The van der Waals surface area contributed by atoms with Crippen LogP contribution in [0.2, 0.25) is 0 Å². The quantitative estimate of drug-likeness (QED) is 0.543. The van der Waals surface area contributed by atoms with E-state index in [0.29, 0.717) is 0 Å². The summed E-state index contributed by atoms with van der Waals surface area (Å²) < 4.78 is 11.8. The number of halogens is 1. The lowest BCUT2D eigenvalue weighted by atomic mass is 10.1. The van der Waals surface area contributed by atoms with Gasteiger partial charge in [0.2, 0.25) is 0 Å². The lowest BCUT2D eigenvalue weighted by molar-refractivity contribution is 0.408.